The van der Waals surface area contributed by atoms with E-state index in [-0.39, 0.29) is 11.6 Å². The number of carbonyl (C=O) groups excluding carboxylic acids is 1. The zero-order valence-corrected chi connectivity index (χ0v) is 10.6. The smallest absolute Gasteiger partial charge is 0.255 e. The van der Waals surface area contributed by atoms with Crippen LogP contribution in [-0.4, -0.2) is 5.91 Å². The van der Waals surface area contributed by atoms with Gasteiger partial charge in [0, 0.05) is 11.3 Å². The van der Waals surface area contributed by atoms with Gasteiger partial charge in [-0.25, -0.2) is 4.39 Å². The first-order valence-electron chi connectivity index (χ1n) is 6.06. The zero-order chi connectivity index (χ0) is 13.8. The third kappa shape index (κ3) is 2.91. The summed E-state index contributed by atoms with van der Waals surface area (Å²) in [4.78, 5) is 12.1. The van der Waals surface area contributed by atoms with Crippen LogP contribution in [0.25, 0.3) is 0 Å². The number of hydrogen-bond acceptors (Lipinski definition) is 2. The molecule has 0 atom stereocenters. The maximum Gasteiger partial charge on any atom is 0.255 e. The van der Waals surface area contributed by atoms with E-state index in [9.17, 15) is 9.18 Å². The Balaban J connectivity index is 2.23. The predicted molar refractivity (Wildman–Crippen MR) is 74.6 cm³/mol. The molecule has 19 heavy (non-hydrogen) atoms. The number of halogens is 1. The van der Waals surface area contributed by atoms with Gasteiger partial charge in [-0.05, 0) is 36.2 Å². The van der Waals surface area contributed by atoms with E-state index in [0.717, 1.165) is 17.7 Å². The lowest BCUT2D eigenvalue weighted by molar-refractivity contribution is 0.102. The Morgan fingerprint density at radius 2 is 2.00 bits per heavy atom. The molecule has 98 valence electrons. The van der Waals surface area contributed by atoms with Crippen LogP contribution in [0.15, 0.2) is 42.5 Å². The molecule has 1 amide bonds. The van der Waals surface area contributed by atoms with Crippen LogP contribution in [-0.2, 0) is 6.42 Å². The number of nitrogens with one attached hydrogen (secondary N) is 1. The van der Waals surface area contributed by atoms with E-state index in [1.54, 1.807) is 0 Å². The Kier molecular flexibility index (Phi) is 3.80. The average molecular weight is 258 g/mol. The highest BCUT2D eigenvalue weighted by Crippen LogP contribution is 2.18. The van der Waals surface area contributed by atoms with Gasteiger partial charge >= 0.3 is 0 Å². The van der Waals surface area contributed by atoms with Gasteiger partial charge in [-0.2, -0.15) is 0 Å². The number of benzene rings is 2. The average Bonchev–Trinajstić information content (AvgIpc) is 2.42. The molecular weight excluding hydrogens is 243 g/mol. The van der Waals surface area contributed by atoms with Crippen molar-refractivity contribution in [2.75, 3.05) is 11.1 Å². The molecule has 2 aromatic rings. The number of nitrogens with two attached hydrogens (primary N) is 1. The quantitative estimate of drug-likeness (QED) is 0.830. The summed E-state index contributed by atoms with van der Waals surface area (Å²) >= 11 is 0. The summed E-state index contributed by atoms with van der Waals surface area (Å²) in [6.45, 7) is 2.01. The van der Waals surface area contributed by atoms with Crippen LogP contribution in [0.2, 0.25) is 0 Å². The van der Waals surface area contributed by atoms with Crippen LogP contribution in [0.3, 0.4) is 0 Å². The van der Waals surface area contributed by atoms with Crippen molar-refractivity contribution in [3.8, 4) is 0 Å². The molecular formula is C15H15FN2O. The molecule has 0 saturated heterocycles. The maximum atomic E-state index is 13.1. The van der Waals surface area contributed by atoms with Crippen molar-refractivity contribution in [1.29, 1.82) is 0 Å². The van der Waals surface area contributed by atoms with E-state index in [4.69, 9.17) is 5.73 Å². The molecule has 4 heteroatoms. The minimum atomic E-state index is -0.523. The summed E-state index contributed by atoms with van der Waals surface area (Å²) < 4.78 is 13.1. The van der Waals surface area contributed by atoms with Gasteiger partial charge in [-0.15, -0.1) is 0 Å². The fraction of sp³-hybridized carbons (Fsp3) is 0.133. The number of aryl methyl sites for hydroxylation is 1. The molecule has 3 nitrogen and oxygen atoms in total. The second kappa shape index (κ2) is 5.52. The minimum absolute atomic E-state index is 0.0311. The largest absolute Gasteiger partial charge is 0.396 e. The molecule has 0 bridgehead atoms. The molecule has 0 fully saturated rings. The van der Waals surface area contributed by atoms with Crippen molar-refractivity contribution < 1.29 is 9.18 Å². The van der Waals surface area contributed by atoms with E-state index in [2.05, 4.69) is 5.32 Å². The van der Waals surface area contributed by atoms with Crippen LogP contribution < -0.4 is 11.1 Å². The van der Waals surface area contributed by atoms with Crippen molar-refractivity contribution in [2.24, 2.45) is 0 Å². The van der Waals surface area contributed by atoms with Gasteiger partial charge in [0.15, 0.2) is 0 Å². The maximum absolute atomic E-state index is 13.1. The highest BCUT2D eigenvalue weighted by molar-refractivity contribution is 6.05. The molecule has 0 radical (unpaired) electrons. The van der Waals surface area contributed by atoms with Gasteiger partial charge in [-0.1, -0.05) is 25.1 Å². The van der Waals surface area contributed by atoms with Gasteiger partial charge in [0.25, 0.3) is 5.91 Å². The normalized spacial score (nSPS) is 10.2. The second-order valence-electron chi connectivity index (χ2n) is 4.20. The van der Waals surface area contributed by atoms with E-state index in [1.165, 1.54) is 18.2 Å². The Morgan fingerprint density at radius 3 is 2.68 bits per heavy atom. The van der Waals surface area contributed by atoms with Gasteiger partial charge in [0.1, 0.15) is 5.82 Å². The summed E-state index contributed by atoms with van der Waals surface area (Å²) in [5.74, 6) is -0.821. The first-order chi connectivity index (χ1) is 9.11. The number of anilines is 2. The third-order valence-corrected chi connectivity index (χ3v) is 2.90. The molecule has 0 spiro atoms. The number of rotatable bonds is 3. The Morgan fingerprint density at radius 1 is 1.26 bits per heavy atom. The van der Waals surface area contributed by atoms with Crippen molar-refractivity contribution in [2.45, 2.75) is 13.3 Å². The summed E-state index contributed by atoms with van der Waals surface area (Å²) in [5.41, 5.74) is 7.57. The standard InChI is InChI=1S/C15H15FN2O/c1-2-10-5-3-4-6-14(10)18-15(19)11-7-8-12(16)13(17)9-11/h3-9H,2,17H2,1H3,(H,18,19). The number of carbonyl (C=O) groups is 1. The molecule has 0 unspecified atom stereocenters. The molecule has 0 heterocycles. The lowest BCUT2D eigenvalue weighted by Crippen LogP contribution is -2.13. The summed E-state index contributed by atoms with van der Waals surface area (Å²) in [7, 11) is 0. The van der Waals surface area contributed by atoms with E-state index < -0.39 is 5.82 Å². The second-order valence-corrected chi connectivity index (χ2v) is 4.20. The lowest BCUT2D eigenvalue weighted by Gasteiger charge is -2.10. The van der Waals surface area contributed by atoms with Crippen molar-refractivity contribution in [1.82, 2.24) is 0 Å². The lowest BCUT2D eigenvalue weighted by atomic mass is 10.1. The van der Waals surface area contributed by atoms with Crippen LogP contribution >= 0.6 is 0 Å². The van der Waals surface area contributed by atoms with Crippen LogP contribution in [0.1, 0.15) is 22.8 Å². The molecule has 2 rings (SSSR count). The fourth-order valence-corrected chi connectivity index (χ4v) is 1.83. The van der Waals surface area contributed by atoms with Crippen LogP contribution in [0.4, 0.5) is 15.8 Å². The highest BCUT2D eigenvalue weighted by atomic mass is 19.1. The van der Waals surface area contributed by atoms with Gasteiger partial charge < -0.3 is 11.1 Å². The first-order valence-corrected chi connectivity index (χ1v) is 6.06. The Hall–Kier alpha value is -2.36. The Bertz CT molecular complexity index is 611. The molecule has 3 N–H and O–H groups in total. The SMILES string of the molecule is CCc1ccccc1NC(=O)c1ccc(F)c(N)c1. The van der Waals surface area contributed by atoms with Crippen molar-refractivity contribution in [3.63, 3.8) is 0 Å². The number of hydrogen-bond donors (Lipinski definition) is 2. The van der Waals surface area contributed by atoms with Crippen LogP contribution in [0.5, 0.6) is 0 Å². The molecule has 0 aliphatic carbocycles. The topological polar surface area (TPSA) is 55.1 Å². The van der Waals surface area contributed by atoms with Gasteiger partial charge in [0.05, 0.1) is 5.69 Å². The zero-order valence-electron chi connectivity index (χ0n) is 10.6. The summed E-state index contributed by atoms with van der Waals surface area (Å²) in [6, 6.07) is 11.5. The van der Waals surface area contributed by atoms with E-state index >= 15 is 0 Å². The first kappa shape index (κ1) is 13.1. The Labute approximate surface area is 111 Å². The number of nitrogen functional groups attached to an aromatic ring is 1. The molecule has 0 saturated carbocycles. The molecule has 0 aliphatic heterocycles. The van der Waals surface area contributed by atoms with Crippen molar-refractivity contribution >= 4 is 17.3 Å². The molecule has 0 aliphatic rings. The third-order valence-electron chi connectivity index (χ3n) is 2.90. The summed E-state index contributed by atoms with van der Waals surface area (Å²) in [6.07, 6.45) is 0.821. The fourth-order valence-electron chi connectivity index (χ4n) is 1.83. The highest BCUT2D eigenvalue weighted by Gasteiger charge is 2.10. The number of amides is 1. The van der Waals surface area contributed by atoms with Crippen molar-refractivity contribution in [3.05, 3.63) is 59.4 Å². The molecule has 0 aromatic heterocycles. The minimum Gasteiger partial charge on any atom is -0.396 e. The van der Waals surface area contributed by atoms with Gasteiger partial charge in [0.2, 0.25) is 0 Å². The van der Waals surface area contributed by atoms with E-state index in [1.807, 2.05) is 31.2 Å². The predicted octanol–water partition coefficient (Wildman–Crippen LogP) is 3.22. The number of para-hydroxylation sites is 1. The van der Waals surface area contributed by atoms with Gasteiger partial charge in [-0.3, -0.25) is 4.79 Å². The van der Waals surface area contributed by atoms with E-state index in [0.29, 0.717) is 5.56 Å². The molecule has 2 aromatic carbocycles. The summed E-state index contributed by atoms with van der Waals surface area (Å²) in [5, 5.41) is 2.81. The van der Waals surface area contributed by atoms with Crippen LogP contribution in [0, 0.1) is 5.82 Å². The monoisotopic (exact) mass is 258 g/mol.